The molecule has 0 radical (unpaired) electrons. The summed E-state index contributed by atoms with van der Waals surface area (Å²) >= 11 is 0. The van der Waals surface area contributed by atoms with Crippen molar-refractivity contribution in [3.05, 3.63) is 69.3 Å². The molecule has 124 valence electrons. The van der Waals surface area contributed by atoms with Gasteiger partial charge in [-0.1, -0.05) is 0 Å². The van der Waals surface area contributed by atoms with Crippen LogP contribution in [0.1, 0.15) is 21.7 Å². The second-order valence-corrected chi connectivity index (χ2v) is 5.42. The van der Waals surface area contributed by atoms with E-state index in [0.717, 1.165) is 18.2 Å². The molecule has 0 saturated carbocycles. The summed E-state index contributed by atoms with van der Waals surface area (Å²) in [5, 5.41) is 2.66. The minimum absolute atomic E-state index is 0.0155. The number of carbonyl (C=O) groups excluding carboxylic acids is 1. The number of pyridine rings is 1. The van der Waals surface area contributed by atoms with Gasteiger partial charge in [0.15, 0.2) is 0 Å². The van der Waals surface area contributed by atoms with Gasteiger partial charge in [-0.15, -0.1) is 0 Å². The minimum Gasteiger partial charge on any atom is -0.460 e. The number of nitrogens with one attached hydrogen (secondary N) is 1. The predicted octanol–water partition coefficient (Wildman–Crippen LogP) is 2.65. The molecule has 0 unspecified atom stereocenters. The van der Waals surface area contributed by atoms with Crippen LogP contribution < -0.4 is 10.9 Å². The Balaban J connectivity index is 1.95. The van der Waals surface area contributed by atoms with E-state index in [2.05, 4.69) is 5.32 Å². The van der Waals surface area contributed by atoms with Crippen molar-refractivity contribution in [2.45, 2.75) is 13.5 Å². The van der Waals surface area contributed by atoms with Crippen molar-refractivity contribution in [1.29, 1.82) is 0 Å². The molecule has 0 aliphatic carbocycles. The van der Waals surface area contributed by atoms with Gasteiger partial charge in [0.25, 0.3) is 11.5 Å². The normalized spacial score (nSPS) is 11.0. The quantitative estimate of drug-likeness (QED) is 0.802. The van der Waals surface area contributed by atoms with Gasteiger partial charge in [-0.3, -0.25) is 9.59 Å². The van der Waals surface area contributed by atoms with Gasteiger partial charge in [-0.05, 0) is 31.2 Å². The molecule has 1 N–H and O–H groups in total. The lowest BCUT2D eigenvalue weighted by atomic mass is 10.1. The van der Waals surface area contributed by atoms with Crippen molar-refractivity contribution < 1.29 is 18.0 Å². The van der Waals surface area contributed by atoms with Crippen molar-refractivity contribution in [3.63, 3.8) is 0 Å². The summed E-state index contributed by atoms with van der Waals surface area (Å²) in [5.41, 5.74) is 0.0499. The Hall–Kier alpha value is -2.96. The molecule has 0 bridgehead atoms. The maximum Gasteiger partial charge on any atom is 0.262 e. The third-order valence-corrected chi connectivity index (χ3v) is 3.77. The zero-order chi connectivity index (χ0) is 17.4. The Morgan fingerprint density at radius 2 is 2.04 bits per heavy atom. The first-order valence-corrected chi connectivity index (χ1v) is 7.19. The number of aryl methyl sites for hydroxylation is 2. The van der Waals surface area contributed by atoms with Gasteiger partial charge in [0.1, 0.15) is 23.0 Å². The molecule has 1 amide bonds. The Bertz CT molecular complexity index is 1000. The summed E-state index contributed by atoms with van der Waals surface area (Å²) in [4.78, 5) is 24.7. The largest absolute Gasteiger partial charge is 0.460 e. The van der Waals surface area contributed by atoms with E-state index in [1.54, 1.807) is 20.0 Å². The van der Waals surface area contributed by atoms with Crippen LogP contribution in [0.2, 0.25) is 0 Å². The zero-order valence-electron chi connectivity index (χ0n) is 13.0. The molecule has 7 heteroatoms. The maximum atomic E-state index is 13.6. The Morgan fingerprint density at radius 3 is 2.79 bits per heavy atom. The highest BCUT2D eigenvalue weighted by Crippen LogP contribution is 2.22. The molecule has 3 aromatic rings. The van der Waals surface area contributed by atoms with E-state index >= 15 is 0 Å². The number of furan rings is 1. The van der Waals surface area contributed by atoms with Crippen molar-refractivity contribution in [2.75, 3.05) is 0 Å². The second-order valence-electron chi connectivity index (χ2n) is 5.42. The fraction of sp³-hybridized carbons (Fsp3) is 0.176. The number of benzene rings is 1. The topological polar surface area (TPSA) is 64.2 Å². The van der Waals surface area contributed by atoms with Crippen LogP contribution in [0.15, 0.2) is 39.7 Å². The average Bonchev–Trinajstić information content (AvgIpc) is 2.88. The van der Waals surface area contributed by atoms with Gasteiger partial charge >= 0.3 is 0 Å². The molecule has 0 saturated heterocycles. The number of carbonyl (C=O) groups is 1. The number of nitrogens with zero attached hydrogens (tertiary/aromatic N) is 1. The highest BCUT2D eigenvalue weighted by Gasteiger charge is 2.21. The summed E-state index contributed by atoms with van der Waals surface area (Å²) in [7, 11) is 1.56. The lowest BCUT2D eigenvalue weighted by molar-refractivity contribution is 0.0950. The van der Waals surface area contributed by atoms with E-state index in [-0.39, 0.29) is 34.4 Å². The van der Waals surface area contributed by atoms with Crippen molar-refractivity contribution >= 4 is 16.9 Å². The average molecular weight is 332 g/mol. The summed E-state index contributed by atoms with van der Waals surface area (Å²) in [6.45, 7) is 1.36. The predicted molar refractivity (Wildman–Crippen MR) is 83.7 cm³/mol. The Labute approximate surface area is 135 Å². The van der Waals surface area contributed by atoms with E-state index in [0.29, 0.717) is 5.58 Å². The highest BCUT2D eigenvalue weighted by atomic mass is 19.1. The Morgan fingerprint density at radius 1 is 1.29 bits per heavy atom. The molecule has 2 aromatic heterocycles. The van der Waals surface area contributed by atoms with Crippen molar-refractivity contribution in [1.82, 2.24) is 9.88 Å². The van der Waals surface area contributed by atoms with Crippen molar-refractivity contribution in [3.8, 4) is 0 Å². The van der Waals surface area contributed by atoms with Gasteiger partial charge < -0.3 is 14.3 Å². The molecule has 0 fully saturated rings. The minimum atomic E-state index is -0.624. The SMILES string of the molecule is Cc1oc2ccn(C)c(=O)c2c1C(=O)NCc1cc(F)ccc1F. The van der Waals surface area contributed by atoms with Gasteiger partial charge in [0.2, 0.25) is 0 Å². The Kier molecular flexibility index (Phi) is 3.92. The molecule has 0 atom stereocenters. The first-order valence-electron chi connectivity index (χ1n) is 7.19. The fourth-order valence-corrected chi connectivity index (χ4v) is 2.54. The smallest absolute Gasteiger partial charge is 0.262 e. The molecule has 1 aromatic carbocycles. The number of amides is 1. The number of rotatable bonds is 3. The number of hydrogen-bond donors (Lipinski definition) is 1. The molecule has 3 rings (SSSR count). The number of aromatic nitrogens is 1. The van der Waals surface area contributed by atoms with E-state index in [1.165, 1.54) is 10.8 Å². The van der Waals surface area contributed by atoms with Gasteiger partial charge in [0.05, 0.1) is 10.9 Å². The molecule has 0 aliphatic rings. The van der Waals surface area contributed by atoms with Crippen LogP contribution in [0.5, 0.6) is 0 Å². The molecule has 0 spiro atoms. The standard InChI is InChI=1S/C17H14F2N2O3/c1-9-14(15-13(24-9)5-6-21(2)17(15)23)16(22)20-8-10-7-11(18)3-4-12(10)19/h3-7H,8H2,1-2H3,(H,20,22). The number of hydrogen-bond acceptors (Lipinski definition) is 3. The maximum absolute atomic E-state index is 13.6. The molecule has 0 aliphatic heterocycles. The molecule has 5 nitrogen and oxygen atoms in total. The molecular weight excluding hydrogens is 318 g/mol. The molecule has 24 heavy (non-hydrogen) atoms. The lowest BCUT2D eigenvalue weighted by Gasteiger charge is -2.06. The highest BCUT2D eigenvalue weighted by molar-refractivity contribution is 6.06. The summed E-state index contributed by atoms with van der Waals surface area (Å²) < 4.78 is 33.6. The molecular formula is C17H14F2N2O3. The van der Waals surface area contributed by atoms with Crippen LogP contribution in [0, 0.1) is 18.6 Å². The monoisotopic (exact) mass is 332 g/mol. The fourth-order valence-electron chi connectivity index (χ4n) is 2.54. The molecule has 2 heterocycles. The number of halogens is 2. The van der Waals surface area contributed by atoms with Gasteiger partial charge in [-0.2, -0.15) is 0 Å². The van der Waals surface area contributed by atoms with E-state index in [4.69, 9.17) is 4.42 Å². The third kappa shape index (κ3) is 2.68. The van der Waals surface area contributed by atoms with Crippen molar-refractivity contribution in [2.24, 2.45) is 7.05 Å². The van der Waals surface area contributed by atoms with Gasteiger partial charge in [-0.25, -0.2) is 8.78 Å². The van der Waals surface area contributed by atoms with Crippen LogP contribution >= 0.6 is 0 Å². The number of fused-ring (bicyclic) bond motifs is 1. The summed E-state index contributed by atoms with van der Waals surface area (Å²) in [5.74, 6) is -1.52. The van der Waals surface area contributed by atoms with Crippen LogP contribution in [-0.2, 0) is 13.6 Å². The van der Waals surface area contributed by atoms with Gasteiger partial charge in [0, 0.05) is 25.4 Å². The third-order valence-electron chi connectivity index (χ3n) is 3.77. The van der Waals surface area contributed by atoms with E-state index < -0.39 is 17.5 Å². The van der Waals surface area contributed by atoms with Crippen LogP contribution in [-0.4, -0.2) is 10.5 Å². The summed E-state index contributed by atoms with van der Waals surface area (Å²) in [6.07, 6.45) is 1.54. The van der Waals surface area contributed by atoms with E-state index in [9.17, 15) is 18.4 Å². The first-order chi connectivity index (χ1) is 11.4. The van der Waals surface area contributed by atoms with E-state index in [1.807, 2.05) is 0 Å². The zero-order valence-corrected chi connectivity index (χ0v) is 13.0. The first kappa shape index (κ1) is 15.9. The van der Waals surface area contributed by atoms with Crippen LogP contribution in [0.3, 0.4) is 0 Å². The van der Waals surface area contributed by atoms with Crippen LogP contribution in [0.4, 0.5) is 8.78 Å². The lowest BCUT2D eigenvalue weighted by Crippen LogP contribution is -2.26. The summed E-state index contributed by atoms with van der Waals surface area (Å²) in [6, 6.07) is 4.59. The van der Waals surface area contributed by atoms with Crippen LogP contribution in [0.25, 0.3) is 11.0 Å². The second kappa shape index (κ2) is 5.92.